The summed E-state index contributed by atoms with van der Waals surface area (Å²) in [6, 6.07) is 11.4. The van der Waals surface area contributed by atoms with Crippen molar-refractivity contribution in [1.82, 2.24) is 5.32 Å². The molecule has 1 aliphatic rings. The van der Waals surface area contributed by atoms with Crippen LogP contribution in [-0.4, -0.2) is 17.1 Å². The van der Waals surface area contributed by atoms with Gasteiger partial charge >= 0.3 is 5.97 Å². The molecule has 0 amide bonds. The number of carbonyl (C=O) groups is 1. The second-order valence-corrected chi connectivity index (χ2v) is 7.78. The van der Waals surface area contributed by atoms with E-state index in [-0.39, 0.29) is 11.3 Å². The summed E-state index contributed by atoms with van der Waals surface area (Å²) in [7, 11) is 0. The standard InChI is InChI=1S/C19H29NO2/c1-19(2,3)13-17(14-7-5-4-6-8-14)20-16-11-9-15(10-12-16)18(21)22/h4-8,15-17,20H,9-13H2,1-3H3,(H,21,22). The topological polar surface area (TPSA) is 49.3 Å². The van der Waals surface area contributed by atoms with E-state index in [4.69, 9.17) is 5.11 Å². The van der Waals surface area contributed by atoms with Gasteiger partial charge in [-0.05, 0) is 43.1 Å². The molecule has 122 valence electrons. The van der Waals surface area contributed by atoms with Crippen LogP contribution in [0.4, 0.5) is 0 Å². The van der Waals surface area contributed by atoms with Gasteiger partial charge in [-0.3, -0.25) is 4.79 Å². The third kappa shape index (κ3) is 5.13. The largest absolute Gasteiger partial charge is 0.481 e. The Morgan fingerprint density at radius 2 is 1.77 bits per heavy atom. The molecular formula is C19H29NO2. The van der Waals surface area contributed by atoms with Gasteiger partial charge < -0.3 is 10.4 Å². The van der Waals surface area contributed by atoms with Crippen molar-refractivity contribution in [2.45, 2.75) is 65.0 Å². The minimum Gasteiger partial charge on any atom is -0.481 e. The zero-order chi connectivity index (χ0) is 16.2. The van der Waals surface area contributed by atoms with E-state index in [1.807, 2.05) is 0 Å². The van der Waals surface area contributed by atoms with Gasteiger partial charge in [0.1, 0.15) is 0 Å². The molecule has 0 spiro atoms. The fourth-order valence-corrected chi connectivity index (χ4v) is 3.36. The van der Waals surface area contributed by atoms with Gasteiger partial charge in [-0.2, -0.15) is 0 Å². The molecule has 2 rings (SSSR count). The average Bonchev–Trinajstić information content (AvgIpc) is 2.47. The third-order valence-electron chi connectivity index (χ3n) is 4.53. The quantitative estimate of drug-likeness (QED) is 0.847. The normalized spacial score (nSPS) is 24.0. The van der Waals surface area contributed by atoms with Crippen molar-refractivity contribution in [2.75, 3.05) is 0 Å². The van der Waals surface area contributed by atoms with Gasteiger partial charge in [0, 0.05) is 12.1 Å². The summed E-state index contributed by atoms with van der Waals surface area (Å²) in [6.45, 7) is 6.81. The van der Waals surface area contributed by atoms with E-state index in [0.29, 0.717) is 12.1 Å². The van der Waals surface area contributed by atoms with Crippen LogP contribution in [0.2, 0.25) is 0 Å². The molecule has 1 atom stereocenters. The third-order valence-corrected chi connectivity index (χ3v) is 4.53. The van der Waals surface area contributed by atoms with Gasteiger partial charge in [-0.1, -0.05) is 51.1 Å². The van der Waals surface area contributed by atoms with Crippen LogP contribution in [0.3, 0.4) is 0 Å². The molecule has 0 aromatic heterocycles. The lowest BCUT2D eigenvalue weighted by molar-refractivity contribution is -0.142. The van der Waals surface area contributed by atoms with Crippen molar-refractivity contribution < 1.29 is 9.90 Å². The van der Waals surface area contributed by atoms with Crippen molar-refractivity contribution >= 4 is 5.97 Å². The molecule has 1 aliphatic carbocycles. The molecule has 1 aromatic rings. The highest BCUT2D eigenvalue weighted by Gasteiger charge is 2.28. The molecule has 0 heterocycles. The Labute approximate surface area is 134 Å². The minimum absolute atomic E-state index is 0.143. The van der Waals surface area contributed by atoms with Crippen molar-refractivity contribution in [3.05, 3.63) is 35.9 Å². The summed E-state index contributed by atoms with van der Waals surface area (Å²) in [6.07, 6.45) is 4.60. The Bertz CT molecular complexity index is 470. The molecule has 0 saturated heterocycles. The number of aliphatic carboxylic acids is 1. The lowest BCUT2D eigenvalue weighted by atomic mass is 9.82. The van der Waals surface area contributed by atoms with Crippen molar-refractivity contribution in [3.63, 3.8) is 0 Å². The fourth-order valence-electron chi connectivity index (χ4n) is 3.36. The van der Waals surface area contributed by atoms with E-state index in [0.717, 1.165) is 32.1 Å². The van der Waals surface area contributed by atoms with Crippen LogP contribution >= 0.6 is 0 Å². The zero-order valence-corrected chi connectivity index (χ0v) is 14.0. The van der Waals surface area contributed by atoms with Gasteiger partial charge in [0.2, 0.25) is 0 Å². The first-order valence-corrected chi connectivity index (χ1v) is 8.39. The van der Waals surface area contributed by atoms with Gasteiger partial charge in [-0.15, -0.1) is 0 Å². The van der Waals surface area contributed by atoms with Crippen LogP contribution in [0.25, 0.3) is 0 Å². The van der Waals surface area contributed by atoms with Gasteiger partial charge in [-0.25, -0.2) is 0 Å². The van der Waals surface area contributed by atoms with Crippen LogP contribution in [-0.2, 0) is 4.79 Å². The second kappa shape index (κ2) is 7.28. The molecular weight excluding hydrogens is 274 g/mol. The molecule has 1 saturated carbocycles. The zero-order valence-electron chi connectivity index (χ0n) is 14.0. The average molecular weight is 303 g/mol. The number of rotatable bonds is 5. The Morgan fingerprint density at radius 3 is 2.27 bits per heavy atom. The van der Waals surface area contributed by atoms with Crippen LogP contribution in [0.1, 0.15) is 64.5 Å². The molecule has 2 N–H and O–H groups in total. The van der Waals surface area contributed by atoms with Gasteiger partial charge in [0.15, 0.2) is 0 Å². The number of hydrogen-bond acceptors (Lipinski definition) is 2. The van der Waals surface area contributed by atoms with E-state index in [2.05, 4.69) is 56.4 Å². The number of benzene rings is 1. The van der Waals surface area contributed by atoms with E-state index in [9.17, 15) is 4.79 Å². The highest BCUT2D eigenvalue weighted by atomic mass is 16.4. The lowest BCUT2D eigenvalue weighted by Gasteiger charge is -2.34. The monoisotopic (exact) mass is 303 g/mol. The van der Waals surface area contributed by atoms with Gasteiger partial charge in [0.05, 0.1) is 5.92 Å². The molecule has 0 aliphatic heterocycles. The van der Waals surface area contributed by atoms with Crippen LogP contribution in [0.15, 0.2) is 30.3 Å². The first kappa shape index (κ1) is 17.0. The summed E-state index contributed by atoms with van der Waals surface area (Å²) in [5.74, 6) is -0.774. The Balaban J connectivity index is 2.00. The molecule has 0 radical (unpaired) electrons. The maximum atomic E-state index is 11.1. The molecule has 0 bridgehead atoms. The van der Waals surface area contributed by atoms with E-state index in [1.54, 1.807) is 0 Å². The number of hydrogen-bond donors (Lipinski definition) is 2. The minimum atomic E-state index is -0.632. The summed E-state index contributed by atoms with van der Waals surface area (Å²) in [5, 5.41) is 12.9. The first-order chi connectivity index (χ1) is 10.3. The fraction of sp³-hybridized carbons (Fsp3) is 0.632. The summed E-state index contributed by atoms with van der Waals surface area (Å²) in [5.41, 5.74) is 1.59. The smallest absolute Gasteiger partial charge is 0.306 e. The molecule has 1 fully saturated rings. The first-order valence-electron chi connectivity index (χ1n) is 8.39. The maximum absolute atomic E-state index is 11.1. The van der Waals surface area contributed by atoms with E-state index in [1.165, 1.54) is 5.56 Å². The number of carboxylic acid groups (broad SMARTS) is 1. The van der Waals surface area contributed by atoms with Crippen LogP contribution in [0.5, 0.6) is 0 Å². The predicted octanol–water partition coefficient (Wildman–Crippen LogP) is 4.40. The molecule has 3 heteroatoms. The van der Waals surface area contributed by atoms with Crippen LogP contribution < -0.4 is 5.32 Å². The SMILES string of the molecule is CC(C)(C)CC(NC1CCC(C(=O)O)CC1)c1ccccc1. The maximum Gasteiger partial charge on any atom is 0.306 e. The van der Waals surface area contributed by atoms with Crippen LogP contribution in [0, 0.1) is 11.3 Å². The van der Waals surface area contributed by atoms with Crippen molar-refractivity contribution in [3.8, 4) is 0 Å². The second-order valence-electron chi connectivity index (χ2n) is 7.78. The Hall–Kier alpha value is -1.35. The summed E-state index contributed by atoms with van der Waals surface area (Å²) < 4.78 is 0. The lowest BCUT2D eigenvalue weighted by Crippen LogP contribution is -2.38. The molecule has 1 unspecified atom stereocenters. The van der Waals surface area contributed by atoms with Crippen molar-refractivity contribution in [1.29, 1.82) is 0 Å². The predicted molar refractivity (Wildman–Crippen MR) is 89.8 cm³/mol. The highest BCUT2D eigenvalue weighted by Crippen LogP contribution is 2.32. The highest BCUT2D eigenvalue weighted by molar-refractivity contribution is 5.70. The van der Waals surface area contributed by atoms with Gasteiger partial charge in [0.25, 0.3) is 0 Å². The number of carboxylic acids is 1. The summed E-state index contributed by atoms with van der Waals surface area (Å²) in [4.78, 5) is 11.1. The molecule has 3 nitrogen and oxygen atoms in total. The molecule has 1 aromatic carbocycles. The van der Waals surface area contributed by atoms with Crippen molar-refractivity contribution in [2.24, 2.45) is 11.3 Å². The number of nitrogens with one attached hydrogen (secondary N) is 1. The Morgan fingerprint density at radius 1 is 1.18 bits per heavy atom. The Kier molecular flexibility index (Phi) is 5.63. The van der Waals surface area contributed by atoms with E-state index < -0.39 is 5.97 Å². The summed E-state index contributed by atoms with van der Waals surface area (Å²) >= 11 is 0. The molecule has 22 heavy (non-hydrogen) atoms. The van der Waals surface area contributed by atoms with E-state index >= 15 is 0 Å².